The van der Waals surface area contributed by atoms with Gasteiger partial charge in [0.05, 0.1) is 13.2 Å². The summed E-state index contributed by atoms with van der Waals surface area (Å²) in [5.74, 6) is -0.195. The van der Waals surface area contributed by atoms with Gasteiger partial charge in [-0.05, 0) is 19.0 Å². The summed E-state index contributed by atoms with van der Waals surface area (Å²) in [6.45, 7) is 9.35. The van der Waals surface area contributed by atoms with Crippen molar-refractivity contribution in [1.82, 2.24) is 5.32 Å². The van der Waals surface area contributed by atoms with Gasteiger partial charge in [0.15, 0.2) is 0 Å². The number of hydrogen-bond acceptors (Lipinski definition) is 2. The molecule has 0 aliphatic rings. The summed E-state index contributed by atoms with van der Waals surface area (Å²) in [5.41, 5.74) is 0.690. The third-order valence-corrected chi connectivity index (χ3v) is 2.74. The quantitative estimate of drug-likeness (QED) is 0.717. The summed E-state index contributed by atoms with van der Waals surface area (Å²) >= 11 is 0. The van der Waals surface area contributed by atoms with E-state index in [4.69, 9.17) is 4.74 Å². The minimum Gasteiger partial charge on any atom is -0.376 e. The number of nitrogens with one attached hydrogen (secondary N) is 1. The molecule has 102 valence electrons. The van der Waals surface area contributed by atoms with Crippen LogP contribution in [0.15, 0.2) is 24.3 Å². The summed E-state index contributed by atoms with van der Waals surface area (Å²) in [6, 6.07) is 6.75. The lowest BCUT2D eigenvalue weighted by Gasteiger charge is -2.25. The molecule has 1 aromatic carbocycles. The lowest BCUT2D eigenvalue weighted by atomic mass is 9.95. The summed E-state index contributed by atoms with van der Waals surface area (Å²) in [5, 5.41) is 3.38. The summed E-state index contributed by atoms with van der Waals surface area (Å²) < 4.78 is 19.0. The lowest BCUT2D eigenvalue weighted by molar-refractivity contribution is 0.0499. The van der Waals surface area contributed by atoms with Crippen LogP contribution in [0.3, 0.4) is 0 Å². The van der Waals surface area contributed by atoms with Gasteiger partial charge in [0, 0.05) is 17.5 Å². The number of halogens is 1. The van der Waals surface area contributed by atoms with Crippen molar-refractivity contribution in [2.24, 2.45) is 5.41 Å². The van der Waals surface area contributed by atoms with Crippen molar-refractivity contribution < 1.29 is 9.13 Å². The van der Waals surface area contributed by atoms with E-state index in [1.165, 1.54) is 6.07 Å². The van der Waals surface area contributed by atoms with Gasteiger partial charge in [0.25, 0.3) is 0 Å². The maximum Gasteiger partial charge on any atom is 0.128 e. The van der Waals surface area contributed by atoms with Gasteiger partial charge in [-0.15, -0.1) is 0 Å². The predicted octanol–water partition coefficient (Wildman–Crippen LogP) is 3.37. The van der Waals surface area contributed by atoms with E-state index in [0.717, 1.165) is 19.5 Å². The highest BCUT2D eigenvalue weighted by Gasteiger charge is 2.17. The van der Waals surface area contributed by atoms with Gasteiger partial charge in [0.2, 0.25) is 0 Å². The first-order valence-corrected chi connectivity index (χ1v) is 6.57. The second-order valence-corrected chi connectivity index (χ2v) is 5.43. The van der Waals surface area contributed by atoms with Crippen LogP contribution in [0.2, 0.25) is 0 Å². The molecule has 0 amide bonds. The van der Waals surface area contributed by atoms with Crippen molar-refractivity contribution in [1.29, 1.82) is 0 Å². The zero-order valence-electron chi connectivity index (χ0n) is 11.6. The Balaban J connectivity index is 2.30. The zero-order chi connectivity index (χ0) is 13.4. The first kappa shape index (κ1) is 15.1. The Morgan fingerprint density at radius 1 is 1.28 bits per heavy atom. The average Bonchev–Trinajstić information content (AvgIpc) is 2.32. The molecule has 0 aliphatic heterocycles. The smallest absolute Gasteiger partial charge is 0.128 e. The highest BCUT2D eigenvalue weighted by Crippen LogP contribution is 2.16. The molecule has 0 unspecified atom stereocenters. The molecule has 0 saturated carbocycles. The van der Waals surface area contributed by atoms with Gasteiger partial charge in [-0.3, -0.25) is 0 Å². The van der Waals surface area contributed by atoms with Crippen LogP contribution >= 0.6 is 0 Å². The summed E-state index contributed by atoms with van der Waals surface area (Å²) in [4.78, 5) is 0. The average molecular weight is 253 g/mol. The van der Waals surface area contributed by atoms with E-state index in [1.807, 2.05) is 6.07 Å². The second kappa shape index (κ2) is 7.49. The van der Waals surface area contributed by atoms with E-state index in [2.05, 4.69) is 26.1 Å². The standard InChI is InChI=1S/C15H24FNO/c1-4-9-17-11-15(2,3)12-18-10-13-7-5-6-8-14(13)16/h5-8,17H,4,9-12H2,1-3H3. The van der Waals surface area contributed by atoms with Crippen LogP contribution in [0.1, 0.15) is 32.8 Å². The largest absolute Gasteiger partial charge is 0.376 e. The predicted molar refractivity (Wildman–Crippen MR) is 73.0 cm³/mol. The first-order valence-electron chi connectivity index (χ1n) is 6.57. The Morgan fingerprint density at radius 2 is 2.00 bits per heavy atom. The van der Waals surface area contributed by atoms with E-state index in [0.29, 0.717) is 18.8 Å². The third-order valence-electron chi connectivity index (χ3n) is 2.74. The molecule has 0 fully saturated rings. The van der Waals surface area contributed by atoms with Gasteiger partial charge >= 0.3 is 0 Å². The Kier molecular flexibility index (Phi) is 6.30. The number of ether oxygens (including phenoxy) is 1. The number of benzene rings is 1. The molecule has 0 spiro atoms. The van der Waals surface area contributed by atoms with Crippen molar-refractivity contribution in [2.75, 3.05) is 19.7 Å². The van der Waals surface area contributed by atoms with E-state index in [-0.39, 0.29) is 11.2 Å². The molecule has 0 aromatic heterocycles. The molecule has 0 bridgehead atoms. The Labute approximate surface area is 110 Å². The van der Waals surface area contributed by atoms with Crippen LogP contribution in [0.25, 0.3) is 0 Å². The Bertz CT molecular complexity index is 352. The molecule has 0 aliphatic carbocycles. The van der Waals surface area contributed by atoms with Gasteiger partial charge in [-0.1, -0.05) is 39.0 Å². The highest BCUT2D eigenvalue weighted by molar-refractivity contribution is 5.16. The molecule has 18 heavy (non-hydrogen) atoms. The van der Waals surface area contributed by atoms with Gasteiger partial charge in [-0.25, -0.2) is 4.39 Å². The zero-order valence-corrected chi connectivity index (χ0v) is 11.6. The number of hydrogen-bond donors (Lipinski definition) is 1. The molecule has 0 saturated heterocycles. The van der Waals surface area contributed by atoms with Gasteiger partial charge < -0.3 is 10.1 Å². The SMILES string of the molecule is CCCNCC(C)(C)COCc1ccccc1F. The maximum absolute atomic E-state index is 13.4. The monoisotopic (exact) mass is 253 g/mol. The fourth-order valence-electron chi connectivity index (χ4n) is 1.71. The van der Waals surface area contributed by atoms with E-state index < -0.39 is 0 Å². The van der Waals surface area contributed by atoms with Gasteiger partial charge in [-0.2, -0.15) is 0 Å². The molecule has 0 radical (unpaired) electrons. The molecular formula is C15H24FNO. The normalized spacial score (nSPS) is 11.8. The molecule has 0 heterocycles. The Morgan fingerprint density at radius 3 is 2.67 bits per heavy atom. The van der Waals surface area contributed by atoms with Crippen molar-refractivity contribution in [2.45, 2.75) is 33.8 Å². The summed E-state index contributed by atoms with van der Waals surface area (Å²) in [6.07, 6.45) is 1.13. The van der Waals surface area contributed by atoms with Gasteiger partial charge in [0.1, 0.15) is 5.82 Å². The van der Waals surface area contributed by atoms with E-state index in [1.54, 1.807) is 12.1 Å². The van der Waals surface area contributed by atoms with Crippen LogP contribution in [-0.4, -0.2) is 19.7 Å². The fourth-order valence-corrected chi connectivity index (χ4v) is 1.71. The van der Waals surface area contributed by atoms with Crippen molar-refractivity contribution in [3.63, 3.8) is 0 Å². The van der Waals surface area contributed by atoms with Crippen LogP contribution in [0, 0.1) is 11.2 Å². The van der Waals surface area contributed by atoms with Crippen LogP contribution in [0.5, 0.6) is 0 Å². The molecule has 3 heteroatoms. The first-order chi connectivity index (χ1) is 8.55. The Hall–Kier alpha value is -0.930. The van der Waals surface area contributed by atoms with Crippen molar-refractivity contribution >= 4 is 0 Å². The third kappa shape index (κ3) is 5.61. The van der Waals surface area contributed by atoms with Crippen LogP contribution in [0.4, 0.5) is 4.39 Å². The van der Waals surface area contributed by atoms with E-state index in [9.17, 15) is 4.39 Å². The molecule has 0 atom stereocenters. The van der Waals surface area contributed by atoms with E-state index >= 15 is 0 Å². The minimum absolute atomic E-state index is 0.0699. The molecule has 2 nitrogen and oxygen atoms in total. The van der Waals surface area contributed by atoms with Crippen molar-refractivity contribution in [3.8, 4) is 0 Å². The fraction of sp³-hybridized carbons (Fsp3) is 0.600. The highest BCUT2D eigenvalue weighted by atomic mass is 19.1. The van der Waals surface area contributed by atoms with Crippen LogP contribution in [-0.2, 0) is 11.3 Å². The molecule has 1 rings (SSSR count). The topological polar surface area (TPSA) is 21.3 Å². The minimum atomic E-state index is -0.195. The van der Waals surface area contributed by atoms with Crippen LogP contribution < -0.4 is 5.32 Å². The number of rotatable bonds is 8. The second-order valence-electron chi connectivity index (χ2n) is 5.43. The molecular weight excluding hydrogens is 229 g/mol. The lowest BCUT2D eigenvalue weighted by Crippen LogP contribution is -2.33. The van der Waals surface area contributed by atoms with Crippen molar-refractivity contribution in [3.05, 3.63) is 35.6 Å². The molecule has 1 N–H and O–H groups in total. The molecule has 1 aromatic rings. The maximum atomic E-state index is 13.4. The summed E-state index contributed by atoms with van der Waals surface area (Å²) in [7, 11) is 0.